The molecule has 1 aromatic heterocycles. The smallest absolute Gasteiger partial charge is 0.355 e. The maximum absolute atomic E-state index is 13.6. The Kier molecular flexibility index (Phi) is 7.07. The van der Waals surface area contributed by atoms with Crippen LogP contribution < -0.4 is 25.0 Å². The molecule has 0 bridgehead atoms. The van der Waals surface area contributed by atoms with Crippen LogP contribution in [0.15, 0.2) is 47.8 Å². The Balaban J connectivity index is 1.43. The van der Waals surface area contributed by atoms with E-state index in [1.54, 1.807) is 18.2 Å². The van der Waals surface area contributed by atoms with Gasteiger partial charge in [-0.25, -0.2) is 19.5 Å². The van der Waals surface area contributed by atoms with E-state index in [0.29, 0.717) is 30.3 Å². The lowest BCUT2D eigenvalue weighted by Gasteiger charge is -2.25. The van der Waals surface area contributed by atoms with Crippen molar-refractivity contribution >= 4 is 46.0 Å². The molecule has 0 radical (unpaired) electrons. The number of carbonyl (C=O) groups excluding carboxylic acids is 3. The van der Waals surface area contributed by atoms with E-state index in [4.69, 9.17) is 14.6 Å². The second-order valence-corrected chi connectivity index (χ2v) is 9.97. The molecule has 2 aliphatic heterocycles. The Labute approximate surface area is 227 Å². The van der Waals surface area contributed by atoms with E-state index in [2.05, 4.69) is 15.6 Å². The lowest BCUT2D eigenvalue weighted by Crippen LogP contribution is -2.49. The molecule has 1 unspecified atom stereocenters. The first-order valence-electron chi connectivity index (χ1n) is 12.0. The standard InChI is InChI=1S/C26H25N5O7S/c1-30(2)16-6-3-14(4-7-16)11-18(22(32)29-25-27-17(13-39-25)24(34)35)31-23(33)21(28-26(31)36)15-5-8-19-20(12-15)38-10-9-37-19/h3-8,12-13,18,21H,9-11H2,1-2H3,(H,28,36)(H,34,35)(H,27,29,32)/t18-,21?/m0/s1. The molecule has 39 heavy (non-hydrogen) atoms. The zero-order chi connectivity index (χ0) is 27.7. The predicted molar refractivity (Wildman–Crippen MR) is 142 cm³/mol. The zero-order valence-electron chi connectivity index (χ0n) is 21.0. The largest absolute Gasteiger partial charge is 0.486 e. The summed E-state index contributed by atoms with van der Waals surface area (Å²) >= 11 is 0.931. The molecular formula is C26H25N5O7S. The molecule has 2 atom stereocenters. The van der Waals surface area contributed by atoms with E-state index in [-0.39, 0.29) is 17.2 Å². The molecule has 4 amide bonds. The van der Waals surface area contributed by atoms with Gasteiger partial charge in [0.25, 0.3) is 5.91 Å². The number of nitrogens with one attached hydrogen (secondary N) is 2. The summed E-state index contributed by atoms with van der Waals surface area (Å²) in [4.78, 5) is 58.1. The van der Waals surface area contributed by atoms with E-state index < -0.39 is 35.9 Å². The average molecular weight is 552 g/mol. The fourth-order valence-electron chi connectivity index (χ4n) is 4.33. The van der Waals surface area contributed by atoms with Crippen molar-refractivity contribution < 1.29 is 33.8 Å². The number of urea groups is 1. The highest BCUT2D eigenvalue weighted by atomic mass is 32.1. The van der Waals surface area contributed by atoms with Crippen LogP contribution in [0.5, 0.6) is 11.5 Å². The highest BCUT2D eigenvalue weighted by Crippen LogP contribution is 2.35. The van der Waals surface area contributed by atoms with E-state index >= 15 is 0 Å². The minimum absolute atomic E-state index is 0.0315. The SMILES string of the molecule is CN(C)c1ccc(C[C@@H](C(=O)Nc2nc(C(=O)O)cs2)N2C(=O)NC(c3ccc4c(c3)OCCO4)C2=O)cc1. The van der Waals surface area contributed by atoms with Crippen molar-refractivity contribution in [3.05, 3.63) is 64.7 Å². The summed E-state index contributed by atoms with van der Waals surface area (Å²) in [6.45, 7) is 0.779. The van der Waals surface area contributed by atoms with Gasteiger partial charge in [0, 0.05) is 31.6 Å². The number of aromatic carboxylic acids is 1. The van der Waals surface area contributed by atoms with Crippen molar-refractivity contribution in [1.82, 2.24) is 15.2 Å². The van der Waals surface area contributed by atoms with Gasteiger partial charge in [-0.15, -0.1) is 11.3 Å². The van der Waals surface area contributed by atoms with Gasteiger partial charge in [-0.05, 0) is 35.4 Å². The normalized spacial score (nSPS) is 17.0. The summed E-state index contributed by atoms with van der Waals surface area (Å²) in [7, 11) is 3.80. The van der Waals surface area contributed by atoms with Crippen molar-refractivity contribution in [2.45, 2.75) is 18.5 Å². The number of aromatic nitrogens is 1. The van der Waals surface area contributed by atoms with Crippen LogP contribution in [-0.4, -0.2) is 72.2 Å². The van der Waals surface area contributed by atoms with Gasteiger partial charge in [0.05, 0.1) is 0 Å². The minimum Gasteiger partial charge on any atom is -0.486 e. The Morgan fingerprint density at radius 2 is 1.87 bits per heavy atom. The summed E-state index contributed by atoms with van der Waals surface area (Å²) < 4.78 is 11.1. The second kappa shape index (κ2) is 10.6. The fourth-order valence-corrected chi connectivity index (χ4v) is 5.01. The number of amides is 4. The third kappa shape index (κ3) is 5.34. The number of carboxylic acids is 1. The molecule has 3 aromatic rings. The summed E-state index contributed by atoms with van der Waals surface area (Å²) in [5, 5.41) is 15.7. The summed E-state index contributed by atoms with van der Waals surface area (Å²) in [5.41, 5.74) is 1.92. The van der Waals surface area contributed by atoms with Crippen molar-refractivity contribution in [3.8, 4) is 11.5 Å². The number of fused-ring (bicyclic) bond motifs is 1. The number of ether oxygens (including phenoxy) is 2. The lowest BCUT2D eigenvalue weighted by atomic mass is 10.0. The number of imide groups is 1. The minimum atomic E-state index is -1.24. The molecule has 0 saturated carbocycles. The number of thiazole rings is 1. The van der Waals surface area contributed by atoms with Gasteiger partial charge in [-0.2, -0.15) is 0 Å². The predicted octanol–water partition coefficient (Wildman–Crippen LogP) is 2.52. The number of carbonyl (C=O) groups is 4. The van der Waals surface area contributed by atoms with Crippen molar-refractivity contribution in [3.63, 3.8) is 0 Å². The average Bonchev–Trinajstić information content (AvgIpc) is 3.51. The van der Waals surface area contributed by atoms with Crippen LogP contribution in [0.4, 0.5) is 15.6 Å². The van der Waals surface area contributed by atoms with Gasteiger partial charge in [0.2, 0.25) is 5.91 Å². The number of rotatable bonds is 8. The van der Waals surface area contributed by atoms with Crippen molar-refractivity contribution in [2.75, 3.05) is 37.5 Å². The first-order chi connectivity index (χ1) is 18.7. The molecule has 13 heteroatoms. The van der Waals surface area contributed by atoms with Gasteiger partial charge in [0.1, 0.15) is 25.3 Å². The van der Waals surface area contributed by atoms with Crippen LogP contribution in [0.3, 0.4) is 0 Å². The first kappa shape index (κ1) is 26.0. The van der Waals surface area contributed by atoms with Crippen LogP contribution in [0.25, 0.3) is 0 Å². The Morgan fingerprint density at radius 3 is 2.54 bits per heavy atom. The molecule has 1 fully saturated rings. The van der Waals surface area contributed by atoms with E-state index in [1.807, 2.05) is 43.3 Å². The van der Waals surface area contributed by atoms with E-state index in [0.717, 1.165) is 27.5 Å². The second-order valence-electron chi connectivity index (χ2n) is 9.11. The highest BCUT2D eigenvalue weighted by Gasteiger charge is 2.45. The molecule has 5 rings (SSSR count). The van der Waals surface area contributed by atoms with Gasteiger partial charge in [0.15, 0.2) is 22.3 Å². The topological polar surface area (TPSA) is 150 Å². The molecule has 2 aliphatic rings. The number of benzene rings is 2. The van der Waals surface area contributed by atoms with Crippen LogP contribution in [0, 0.1) is 0 Å². The molecule has 1 saturated heterocycles. The Morgan fingerprint density at radius 1 is 1.15 bits per heavy atom. The number of carboxylic acid groups (broad SMARTS) is 1. The molecule has 2 aromatic carbocycles. The summed E-state index contributed by atoms with van der Waals surface area (Å²) in [5.74, 6) is -1.51. The van der Waals surface area contributed by atoms with Crippen molar-refractivity contribution in [1.29, 1.82) is 0 Å². The third-order valence-corrected chi connectivity index (χ3v) is 7.08. The number of nitrogens with zero attached hydrogens (tertiary/aromatic N) is 3. The molecular weight excluding hydrogens is 526 g/mol. The van der Waals surface area contributed by atoms with Crippen LogP contribution >= 0.6 is 11.3 Å². The molecule has 3 N–H and O–H groups in total. The van der Waals surface area contributed by atoms with Crippen LogP contribution in [0.2, 0.25) is 0 Å². The molecule has 0 spiro atoms. The van der Waals surface area contributed by atoms with Gasteiger partial charge in [-0.3, -0.25) is 9.59 Å². The van der Waals surface area contributed by atoms with E-state index in [9.17, 15) is 19.2 Å². The lowest BCUT2D eigenvalue weighted by molar-refractivity contribution is -0.134. The maximum atomic E-state index is 13.6. The third-order valence-electron chi connectivity index (χ3n) is 6.32. The zero-order valence-corrected chi connectivity index (χ0v) is 21.9. The van der Waals surface area contributed by atoms with Crippen molar-refractivity contribution in [2.24, 2.45) is 0 Å². The number of hydrogen-bond acceptors (Lipinski definition) is 9. The van der Waals surface area contributed by atoms with Crippen LogP contribution in [-0.2, 0) is 16.0 Å². The number of hydrogen-bond donors (Lipinski definition) is 3. The van der Waals surface area contributed by atoms with Crippen LogP contribution in [0.1, 0.15) is 27.7 Å². The fraction of sp³-hybridized carbons (Fsp3) is 0.269. The molecule has 202 valence electrons. The summed E-state index contributed by atoms with van der Waals surface area (Å²) in [6, 6.07) is 9.36. The van der Waals surface area contributed by atoms with Gasteiger partial charge < -0.3 is 30.1 Å². The summed E-state index contributed by atoms with van der Waals surface area (Å²) in [6.07, 6.45) is 0.0315. The Hall–Kier alpha value is -4.65. The van der Waals surface area contributed by atoms with Gasteiger partial charge in [-0.1, -0.05) is 18.2 Å². The Bertz CT molecular complexity index is 1440. The monoisotopic (exact) mass is 551 g/mol. The van der Waals surface area contributed by atoms with E-state index in [1.165, 1.54) is 5.38 Å². The van der Waals surface area contributed by atoms with Gasteiger partial charge >= 0.3 is 12.0 Å². The quantitative estimate of drug-likeness (QED) is 0.359. The number of anilines is 2. The first-order valence-corrected chi connectivity index (χ1v) is 12.9. The molecule has 3 heterocycles. The molecule has 0 aliphatic carbocycles. The highest BCUT2D eigenvalue weighted by molar-refractivity contribution is 7.14. The molecule has 12 nitrogen and oxygen atoms in total. The maximum Gasteiger partial charge on any atom is 0.355 e.